The molecule has 0 saturated carbocycles. The lowest BCUT2D eigenvalue weighted by Gasteiger charge is -2.31. The number of likely N-dealkylation sites (tertiary alicyclic amines) is 1. The van der Waals surface area contributed by atoms with E-state index in [1.807, 2.05) is 36.4 Å². The molecule has 2 N–H and O–H groups in total. The number of carboxylic acids is 1. The van der Waals surface area contributed by atoms with E-state index >= 15 is 0 Å². The third kappa shape index (κ3) is 6.21. The minimum atomic E-state index is -0.912. The largest absolute Gasteiger partial charge is 0.489 e. The molecule has 0 atom stereocenters. The molecule has 0 amide bonds. The zero-order valence-electron chi connectivity index (χ0n) is 19.2. The van der Waals surface area contributed by atoms with E-state index in [9.17, 15) is 9.90 Å². The van der Waals surface area contributed by atoms with E-state index in [4.69, 9.17) is 4.74 Å². The Balaban J connectivity index is 1.48. The van der Waals surface area contributed by atoms with Gasteiger partial charge in [0.25, 0.3) is 0 Å². The van der Waals surface area contributed by atoms with Crippen LogP contribution < -0.4 is 10.1 Å². The van der Waals surface area contributed by atoms with Crippen molar-refractivity contribution < 1.29 is 14.6 Å². The molecule has 0 spiro atoms. The monoisotopic (exact) mass is 444 g/mol. The van der Waals surface area contributed by atoms with Crippen LogP contribution in [0.2, 0.25) is 0 Å². The van der Waals surface area contributed by atoms with Crippen molar-refractivity contribution in [1.29, 1.82) is 0 Å². The minimum absolute atomic E-state index is 0.293. The van der Waals surface area contributed by atoms with Crippen LogP contribution in [0.1, 0.15) is 35.7 Å². The second-order valence-corrected chi connectivity index (χ2v) is 8.59. The molecule has 1 aliphatic heterocycles. The van der Waals surface area contributed by atoms with Gasteiger partial charge in [0, 0.05) is 18.0 Å². The van der Waals surface area contributed by atoms with Gasteiger partial charge in [-0.3, -0.25) is 0 Å². The van der Waals surface area contributed by atoms with Crippen LogP contribution in [0.25, 0.3) is 16.8 Å². The van der Waals surface area contributed by atoms with Crippen molar-refractivity contribution in [2.75, 3.05) is 32.8 Å². The average molecular weight is 445 g/mol. The SMILES string of the molecule is CCN1CCC(NC/C(=C\c2ccc(C(=O)O)cc2)COc2cccc3ccccc23)CC1. The maximum Gasteiger partial charge on any atom is 0.335 e. The Labute approximate surface area is 195 Å². The maximum atomic E-state index is 11.2. The summed E-state index contributed by atoms with van der Waals surface area (Å²) in [6.07, 6.45) is 4.40. The minimum Gasteiger partial charge on any atom is -0.489 e. The van der Waals surface area contributed by atoms with E-state index in [1.54, 1.807) is 12.1 Å². The van der Waals surface area contributed by atoms with Gasteiger partial charge in [0.2, 0.25) is 0 Å². The number of benzene rings is 3. The van der Waals surface area contributed by atoms with E-state index in [-0.39, 0.29) is 0 Å². The molecule has 1 fully saturated rings. The van der Waals surface area contributed by atoms with E-state index in [0.29, 0.717) is 18.2 Å². The smallest absolute Gasteiger partial charge is 0.335 e. The van der Waals surface area contributed by atoms with Crippen LogP contribution >= 0.6 is 0 Å². The summed E-state index contributed by atoms with van der Waals surface area (Å²) in [5.74, 6) is -0.0402. The summed E-state index contributed by atoms with van der Waals surface area (Å²) in [7, 11) is 0. The van der Waals surface area contributed by atoms with Crippen molar-refractivity contribution in [3.05, 3.63) is 83.4 Å². The van der Waals surface area contributed by atoms with Crippen molar-refractivity contribution in [3.8, 4) is 5.75 Å². The summed E-state index contributed by atoms with van der Waals surface area (Å²) in [6, 6.07) is 21.8. The maximum absolute atomic E-state index is 11.2. The van der Waals surface area contributed by atoms with Crippen LogP contribution in [0.3, 0.4) is 0 Å². The summed E-state index contributed by atoms with van der Waals surface area (Å²) >= 11 is 0. The highest BCUT2D eigenvalue weighted by Gasteiger charge is 2.18. The number of fused-ring (bicyclic) bond motifs is 1. The van der Waals surface area contributed by atoms with Gasteiger partial charge in [-0.1, -0.05) is 61.5 Å². The normalized spacial score (nSPS) is 15.6. The summed E-state index contributed by atoms with van der Waals surface area (Å²) in [5.41, 5.74) is 2.39. The predicted octanol–water partition coefficient (Wildman–Crippen LogP) is 5.07. The highest BCUT2D eigenvalue weighted by atomic mass is 16.5. The molecule has 3 aromatic rings. The number of hydrogen-bond acceptors (Lipinski definition) is 4. The second-order valence-electron chi connectivity index (χ2n) is 8.59. The van der Waals surface area contributed by atoms with Gasteiger partial charge in [0.05, 0.1) is 5.56 Å². The molecule has 0 unspecified atom stereocenters. The zero-order valence-corrected chi connectivity index (χ0v) is 19.2. The Hall–Kier alpha value is -3.15. The van der Waals surface area contributed by atoms with Gasteiger partial charge in [-0.05, 0) is 67.2 Å². The summed E-state index contributed by atoms with van der Waals surface area (Å²) < 4.78 is 6.28. The molecule has 4 rings (SSSR count). The first kappa shape index (κ1) is 23.0. The molecule has 1 aliphatic rings. The second kappa shape index (κ2) is 11.1. The van der Waals surface area contributed by atoms with Gasteiger partial charge in [-0.15, -0.1) is 0 Å². The van der Waals surface area contributed by atoms with Gasteiger partial charge in [-0.2, -0.15) is 0 Å². The van der Waals surface area contributed by atoms with Crippen molar-refractivity contribution in [3.63, 3.8) is 0 Å². The van der Waals surface area contributed by atoms with Gasteiger partial charge in [0.1, 0.15) is 12.4 Å². The molecule has 172 valence electrons. The number of carboxylic acid groups (broad SMARTS) is 1. The lowest BCUT2D eigenvalue weighted by molar-refractivity contribution is 0.0697. The quantitative estimate of drug-likeness (QED) is 0.482. The zero-order chi connectivity index (χ0) is 23.0. The highest BCUT2D eigenvalue weighted by Crippen LogP contribution is 2.25. The topological polar surface area (TPSA) is 61.8 Å². The van der Waals surface area contributed by atoms with Gasteiger partial charge in [0.15, 0.2) is 0 Å². The molecule has 5 heteroatoms. The Morgan fingerprint density at radius 3 is 2.52 bits per heavy atom. The van der Waals surface area contributed by atoms with Crippen LogP contribution in [0, 0.1) is 0 Å². The molecule has 3 aromatic carbocycles. The van der Waals surface area contributed by atoms with Gasteiger partial charge < -0.3 is 20.1 Å². The van der Waals surface area contributed by atoms with Crippen LogP contribution in [0.5, 0.6) is 5.75 Å². The number of hydrogen-bond donors (Lipinski definition) is 2. The summed E-state index contributed by atoms with van der Waals surface area (Å²) in [6.45, 7) is 6.81. The first-order valence-electron chi connectivity index (χ1n) is 11.7. The predicted molar refractivity (Wildman–Crippen MR) is 134 cm³/mol. The fraction of sp³-hybridized carbons (Fsp3) is 0.321. The number of piperidine rings is 1. The number of nitrogens with zero attached hydrogens (tertiary/aromatic N) is 1. The number of nitrogens with one attached hydrogen (secondary N) is 1. The van der Waals surface area contributed by atoms with Crippen molar-refractivity contribution >= 4 is 22.8 Å². The first-order chi connectivity index (χ1) is 16.1. The number of rotatable bonds is 9. The number of carbonyl (C=O) groups is 1. The van der Waals surface area contributed by atoms with Crippen molar-refractivity contribution in [2.45, 2.75) is 25.8 Å². The Kier molecular flexibility index (Phi) is 7.76. The molecular formula is C28H32N2O3. The van der Waals surface area contributed by atoms with Crippen molar-refractivity contribution in [2.24, 2.45) is 0 Å². The van der Waals surface area contributed by atoms with Crippen LogP contribution in [0.15, 0.2) is 72.3 Å². The van der Waals surface area contributed by atoms with Crippen LogP contribution in [-0.4, -0.2) is 54.8 Å². The fourth-order valence-corrected chi connectivity index (χ4v) is 4.32. The lowest BCUT2D eigenvalue weighted by Crippen LogP contribution is -2.43. The Morgan fingerprint density at radius 1 is 1.06 bits per heavy atom. The molecule has 1 heterocycles. The Bertz CT molecular complexity index is 1090. The number of aromatic carboxylic acids is 1. The van der Waals surface area contributed by atoms with Crippen LogP contribution in [-0.2, 0) is 0 Å². The molecule has 5 nitrogen and oxygen atoms in total. The van der Waals surface area contributed by atoms with E-state index in [2.05, 4.69) is 41.4 Å². The van der Waals surface area contributed by atoms with Crippen LogP contribution in [0.4, 0.5) is 0 Å². The molecule has 0 bridgehead atoms. The van der Waals surface area contributed by atoms with Crippen molar-refractivity contribution in [1.82, 2.24) is 10.2 Å². The third-order valence-electron chi connectivity index (χ3n) is 6.34. The standard InChI is InChI=1S/C28H32N2O3/c1-2-30-16-14-25(15-17-30)29-19-22(18-21-10-12-24(13-11-21)28(31)32)20-33-27-9-5-7-23-6-3-4-8-26(23)27/h3-13,18,25,29H,2,14-17,19-20H2,1H3,(H,31,32)/b22-18+. The highest BCUT2D eigenvalue weighted by molar-refractivity contribution is 5.88. The number of ether oxygens (including phenoxy) is 1. The fourth-order valence-electron chi connectivity index (χ4n) is 4.32. The molecular weight excluding hydrogens is 412 g/mol. The van der Waals surface area contributed by atoms with E-state index < -0.39 is 5.97 Å². The van der Waals surface area contributed by atoms with E-state index in [1.165, 1.54) is 0 Å². The average Bonchev–Trinajstić information content (AvgIpc) is 2.86. The van der Waals surface area contributed by atoms with Gasteiger partial charge in [-0.25, -0.2) is 4.79 Å². The molecule has 0 aromatic heterocycles. The molecule has 1 saturated heterocycles. The Morgan fingerprint density at radius 2 is 1.79 bits per heavy atom. The van der Waals surface area contributed by atoms with E-state index in [0.717, 1.165) is 66.7 Å². The molecule has 0 radical (unpaired) electrons. The third-order valence-corrected chi connectivity index (χ3v) is 6.34. The van der Waals surface area contributed by atoms with Gasteiger partial charge >= 0.3 is 5.97 Å². The lowest BCUT2D eigenvalue weighted by atomic mass is 10.0. The summed E-state index contributed by atoms with van der Waals surface area (Å²) in [5, 5.41) is 15.2. The molecule has 33 heavy (non-hydrogen) atoms. The first-order valence-corrected chi connectivity index (χ1v) is 11.7. The molecule has 0 aliphatic carbocycles. The summed E-state index contributed by atoms with van der Waals surface area (Å²) in [4.78, 5) is 13.7.